The second kappa shape index (κ2) is 6.22. The van der Waals surface area contributed by atoms with Crippen molar-refractivity contribution in [1.29, 1.82) is 0 Å². The summed E-state index contributed by atoms with van der Waals surface area (Å²) in [5.41, 5.74) is 8.34. The van der Waals surface area contributed by atoms with E-state index >= 15 is 0 Å². The number of aromatic nitrogens is 4. The van der Waals surface area contributed by atoms with E-state index in [4.69, 9.17) is 4.74 Å². The van der Waals surface area contributed by atoms with Crippen LogP contribution in [0.15, 0.2) is 10.9 Å². The van der Waals surface area contributed by atoms with Gasteiger partial charge in [0.1, 0.15) is 0 Å². The SMILES string of the molecule is COc1nc2nc(C3CC3)cc(=O)n2n1Cc1c(C)c(C)c(C)c(C)c1C. The Morgan fingerprint density at radius 2 is 1.59 bits per heavy atom. The summed E-state index contributed by atoms with van der Waals surface area (Å²) < 4.78 is 8.82. The average molecular weight is 366 g/mol. The molecule has 1 fully saturated rings. The van der Waals surface area contributed by atoms with Crippen LogP contribution in [0.2, 0.25) is 0 Å². The third kappa shape index (κ3) is 2.74. The van der Waals surface area contributed by atoms with E-state index in [0.717, 1.165) is 18.5 Å². The van der Waals surface area contributed by atoms with Gasteiger partial charge in [0.15, 0.2) is 0 Å². The Bertz CT molecular complexity index is 1090. The number of methoxy groups -OCH3 is 1. The topological polar surface area (TPSA) is 61.4 Å². The summed E-state index contributed by atoms with van der Waals surface area (Å²) >= 11 is 0. The molecule has 0 bridgehead atoms. The molecule has 0 N–H and O–H groups in total. The lowest BCUT2D eigenvalue weighted by Gasteiger charge is -2.19. The van der Waals surface area contributed by atoms with Crippen molar-refractivity contribution in [2.24, 2.45) is 0 Å². The molecule has 6 nitrogen and oxygen atoms in total. The minimum atomic E-state index is -0.103. The van der Waals surface area contributed by atoms with Crippen molar-refractivity contribution in [2.45, 2.75) is 59.9 Å². The van der Waals surface area contributed by atoms with Gasteiger partial charge in [0.2, 0.25) is 0 Å². The molecule has 27 heavy (non-hydrogen) atoms. The Morgan fingerprint density at radius 1 is 1.00 bits per heavy atom. The number of ether oxygens (including phenoxy) is 1. The molecule has 4 rings (SSSR count). The van der Waals surface area contributed by atoms with Crippen LogP contribution in [0.3, 0.4) is 0 Å². The second-order valence-electron chi connectivity index (χ2n) is 7.67. The maximum absolute atomic E-state index is 12.8. The van der Waals surface area contributed by atoms with Gasteiger partial charge in [-0.2, -0.15) is 9.50 Å². The van der Waals surface area contributed by atoms with Gasteiger partial charge in [-0.05, 0) is 80.8 Å². The number of hydrogen-bond donors (Lipinski definition) is 0. The van der Waals surface area contributed by atoms with Crippen molar-refractivity contribution in [3.8, 4) is 6.01 Å². The highest BCUT2D eigenvalue weighted by Gasteiger charge is 2.27. The molecule has 142 valence electrons. The molecule has 6 heteroatoms. The lowest BCUT2D eigenvalue weighted by molar-refractivity contribution is 0.346. The van der Waals surface area contributed by atoms with Gasteiger partial charge < -0.3 is 4.74 Å². The Kier molecular flexibility index (Phi) is 4.09. The van der Waals surface area contributed by atoms with Crippen molar-refractivity contribution in [3.63, 3.8) is 0 Å². The smallest absolute Gasteiger partial charge is 0.315 e. The number of rotatable bonds is 4. The van der Waals surface area contributed by atoms with Crippen LogP contribution >= 0.6 is 0 Å². The van der Waals surface area contributed by atoms with Gasteiger partial charge in [0.05, 0.1) is 19.3 Å². The molecule has 1 aliphatic carbocycles. The molecule has 0 saturated heterocycles. The van der Waals surface area contributed by atoms with Gasteiger partial charge in [-0.25, -0.2) is 9.67 Å². The molecule has 3 aromatic rings. The van der Waals surface area contributed by atoms with Gasteiger partial charge in [-0.15, -0.1) is 0 Å². The van der Waals surface area contributed by atoms with E-state index in [2.05, 4.69) is 44.6 Å². The quantitative estimate of drug-likeness (QED) is 0.710. The summed E-state index contributed by atoms with van der Waals surface area (Å²) in [5.74, 6) is 0.822. The number of nitrogens with zero attached hydrogens (tertiary/aromatic N) is 4. The predicted octanol–water partition coefficient (Wildman–Crippen LogP) is 3.37. The van der Waals surface area contributed by atoms with Crippen molar-refractivity contribution in [3.05, 3.63) is 55.5 Å². The Balaban J connectivity index is 1.91. The standard InChI is InChI=1S/C21H26N4O2/c1-11-12(2)14(4)17(15(5)13(11)3)10-24-21(27-6)23-20-22-18(16-7-8-16)9-19(26)25(20)24/h9,16H,7-8,10H2,1-6H3. The molecule has 0 radical (unpaired) electrons. The van der Waals surface area contributed by atoms with Crippen molar-refractivity contribution in [1.82, 2.24) is 19.2 Å². The molecule has 0 amide bonds. The summed E-state index contributed by atoms with van der Waals surface area (Å²) in [6.07, 6.45) is 2.20. The van der Waals surface area contributed by atoms with Crippen LogP contribution in [0, 0.1) is 34.6 Å². The van der Waals surface area contributed by atoms with E-state index in [9.17, 15) is 4.79 Å². The lowest BCUT2D eigenvalue weighted by Crippen LogP contribution is -2.23. The third-order valence-electron chi connectivity index (χ3n) is 6.20. The zero-order valence-electron chi connectivity index (χ0n) is 16.9. The van der Waals surface area contributed by atoms with Gasteiger partial charge >= 0.3 is 6.01 Å². The fraction of sp³-hybridized carbons (Fsp3) is 0.476. The highest BCUT2D eigenvalue weighted by Crippen LogP contribution is 2.38. The van der Waals surface area contributed by atoms with Gasteiger partial charge in [0, 0.05) is 12.0 Å². The summed E-state index contributed by atoms with van der Waals surface area (Å²) in [5, 5.41) is 0. The molecular formula is C21H26N4O2. The Labute approximate surface area is 158 Å². The molecule has 0 aliphatic heterocycles. The molecule has 2 heterocycles. The highest BCUT2D eigenvalue weighted by molar-refractivity contribution is 5.49. The molecule has 1 aromatic carbocycles. The normalized spacial score (nSPS) is 14.1. The Morgan fingerprint density at radius 3 is 2.15 bits per heavy atom. The monoisotopic (exact) mass is 366 g/mol. The van der Waals surface area contributed by atoms with Crippen molar-refractivity contribution >= 4 is 5.78 Å². The van der Waals surface area contributed by atoms with Crippen LogP contribution in [0.4, 0.5) is 0 Å². The minimum Gasteiger partial charge on any atom is -0.467 e. The van der Waals surface area contributed by atoms with Crippen molar-refractivity contribution < 1.29 is 4.74 Å². The second-order valence-corrected chi connectivity index (χ2v) is 7.67. The number of hydrogen-bond acceptors (Lipinski definition) is 4. The van der Waals surface area contributed by atoms with Crippen LogP contribution in [-0.2, 0) is 6.54 Å². The fourth-order valence-corrected chi connectivity index (χ4v) is 3.85. The zero-order chi connectivity index (χ0) is 19.5. The zero-order valence-corrected chi connectivity index (χ0v) is 16.9. The molecule has 0 atom stereocenters. The minimum absolute atomic E-state index is 0.103. The highest BCUT2D eigenvalue weighted by atomic mass is 16.5. The maximum Gasteiger partial charge on any atom is 0.315 e. The summed E-state index contributed by atoms with van der Waals surface area (Å²) in [7, 11) is 1.58. The Hall–Kier alpha value is -2.63. The van der Waals surface area contributed by atoms with Gasteiger partial charge in [-0.3, -0.25) is 4.79 Å². The number of benzene rings is 1. The molecule has 0 unspecified atom stereocenters. The van der Waals surface area contributed by atoms with E-state index in [1.807, 2.05) is 0 Å². The largest absolute Gasteiger partial charge is 0.467 e. The van der Waals surface area contributed by atoms with E-state index in [1.54, 1.807) is 17.9 Å². The molecule has 0 spiro atoms. The summed E-state index contributed by atoms with van der Waals surface area (Å²) in [4.78, 5) is 21.9. The third-order valence-corrected chi connectivity index (χ3v) is 6.20. The molecule has 1 saturated carbocycles. The first-order chi connectivity index (χ1) is 12.8. The molecule has 1 aliphatic rings. The predicted molar refractivity (Wildman–Crippen MR) is 105 cm³/mol. The van der Waals surface area contributed by atoms with Gasteiger partial charge in [-0.1, -0.05) is 0 Å². The van der Waals surface area contributed by atoms with Crippen LogP contribution in [0.25, 0.3) is 5.78 Å². The van der Waals surface area contributed by atoms with Gasteiger partial charge in [0.25, 0.3) is 11.3 Å². The maximum atomic E-state index is 12.8. The van der Waals surface area contributed by atoms with Crippen LogP contribution in [0.1, 0.15) is 57.8 Å². The molecular weight excluding hydrogens is 340 g/mol. The van der Waals surface area contributed by atoms with Crippen LogP contribution in [-0.4, -0.2) is 26.3 Å². The average Bonchev–Trinajstić information content (AvgIpc) is 3.44. The van der Waals surface area contributed by atoms with E-state index in [1.165, 1.54) is 37.9 Å². The van der Waals surface area contributed by atoms with E-state index < -0.39 is 0 Å². The summed E-state index contributed by atoms with van der Waals surface area (Å²) in [6.45, 7) is 11.3. The number of fused-ring (bicyclic) bond motifs is 1. The first-order valence-corrected chi connectivity index (χ1v) is 9.43. The lowest BCUT2D eigenvalue weighted by atomic mass is 9.89. The van der Waals surface area contributed by atoms with E-state index in [-0.39, 0.29) is 5.56 Å². The summed E-state index contributed by atoms with van der Waals surface area (Å²) in [6, 6.07) is 2.05. The first kappa shape index (κ1) is 17.8. The van der Waals surface area contributed by atoms with Crippen LogP contribution < -0.4 is 10.3 Å². The molecule has 2 aromatic heterocycles. The van der Waals surface area contributed by atoms with E-state index in [0.29, 0.717) is 24.3 Å². The fourth-order valence-electron chi connectivity index (χ4n) is 3.85. The first-order valence-electron chi connectivity index (χ1n) is 9.43. The van der Waals surface area contributed by atoms with Crippen LogP contribution in [0.5, 0.6) is 6.01 Å². The van der Waals surface area contributed by atoms with Crippen molar-refractivity contribution in [2.75, 3.05) is 7.11 Å².